The number of aryl methyl sites for hydroxylation is 1. The van der Waals surface area contributed by atoms with Crippen molar-refractivity contribution in [3.8, 4) is 5.69 Å². The van der Waals surface area contributed by atoms with Gasteiger partial charge in [-0.05, 0) is 62.2 Å². The molecule has 2 aromatic heterocycles. The predicted molar refractivity (Wildman–Crippen MR) is 161 cm³/mol. The molecule has 4 aromatic rings. The van der Waals surface area contributed by atoms with E-state index >= 15 is 0 Å². The minimum atomic E-state index is -3.59. The third-order valence-electron chi connectivity index (χ3n) is 6.35. The van der Waals surface area contributed by atoms with E-state index in [0.29, 0.717) is 45.5 Å². The zero-order valence-corrected chi connectivity index (χ0v) is 25.7. The Bertz CT molecular complexity index is 1690. The van der Waals surface area contributed by atoms with E-state index in [2.05, 4.69) is 31.0 Å². The fourth-order valence-electron chi connectivity index (χ4n) is 4.31. The van der Waals surface area contributed by atoms with Crippen LogP contribution in [0.15, 0.2) is 58.6 Å². The monoisotopic (exact) mass is 646 g/mol. The first-order chi connectivity index (χ1) is 20.2. The number of aromatic nitrogens is 5. The van der Waals surface area contributed by atoms with Crippen LogP contribution in [0.4, 0.5) is 5.13 Å². The van der Waals surface area contributed by atoms with Crippen molar-refractivity contribution >= 4 is 61.7 Å². The Morgan fingerprint density at radius 1 is 1.02 bits per heavy atom. The second-order valence-corrected chi connectivity index (χ2v) is 13.8. The molecular formula is C26H27ClN8O4S3. The summed E-state index contributed by atoms with van der Waals surface area (Å²) in [5.41, 5.74) is 0.964. The fourth-order valence-corrected chi connectivity index (χ4v) is 7.39. The highest BCUT2D eigenvalue weighted by Crippen LogP contribution is 2.25. The summed E-state index contributed by atoms with van der Waals surface area (Å²) in [6.45, 7) is 2.83. The van der Waals surface area contributed by atoms with Crippen molar-refractivity contribution in [1.29, 1.82) is 0 Å². The lowest BCUT2D eigenvalue weighted by Crippen LogP contribution is -2.35. The van der Waals surface area contributed by atoms with Gasteiger partial charge in [-0.1, -0.05) is 47.2 Å². The highest BCUT2D eigenvalue weighted by molar-refractivity contribution is 7.99. The summed E-state index contributed by atoms with van der Waals surface area (Å²) in [5.74, 6) is -0.232. The minimum Gasteiger partial charge on any atom is -0.345 e. The van der Waals surface area contributed by atoms with Crippen LogP contribution in [0, 0.1) is 6.92 Å². The Balaban J connectivity index is 1.28. The Morgan fingerprint density at radius 3 is 2.48 bits per heavy atom. The first-order valence-electron chi connectivity index (χ1n) is 13.0. The number of benzene rings is 2. The number of nitrogens with one attached hydrogen (secondary N) is 2. The molecule has 0 aliphatic carbocycles. The molecule has 0 bridgehead atoms. The Hall–Kier alpha value is -3.37. The lowest BCUT2D eigenvalue weighted by Gasteiger charge is -2.25. The molecule has 2 amide bonds. The third kappa shape index (κ3) is 7.15. The number of anilines is 1. The molecule has 0 spiro atoms. The molecule has 0 unspecified atom stereocenters. The zero-order chi connectivity index (χ0) is 29.7. The van der Waals surface area contributed by atoms with E-state index in [-0.39, 0.29) is 23.1 Å². The van der Waals surface area contributed by atoms with Crippen LogP contribution in [0.5, 0.6) is 0 Å². The quantitative estimate of drug-likeness (QED) is 0.244. The van der Waals surface area contributed by atoms with Crippen molar-refractivity contribution in [2.24, 2.45) is 0 Å². The molecule has 1 fully saturated rings. The maximum absolute atomic E-state index is 13.0. The fraction of sp³-hybridized carbons (Fsp3) is 0.308. The smallest absolute Gasteiger partial charge is 0.251 e. The lowest BCUT2D eigenvalue weighted by molar-refractivity contribution is -0.113. The van der Waals surface area contributed by atoms with Gasteiger partial charge in [0.15, 0.2) is 11.0 Å². The number of sulfonamides is 1. The van der Waals surface area contributed by atoms with Crippen molar-refractivity contribution in [3.63, 3.8) is 0 Å². The molecule has 3 heterocycles. The summed E-state index contributed by atoms with van der Waals surface area (Å²) in [7, 11) is -3.59. The van der Waals surface area contributed by atoms with Gasteiger partial charge in [-0.3, -0.25) is 19.5 Å². The van der Waals surface area contributed by atoms with E-state index in [1.165, 1.54) is 51.7 Å². The van der Waals surface area contributed by atoms with Gasteiger partial charge in [0.2, 0.25) is 21.1 Å². The van der Waals surface area contributed by atoms with Crippen LogP contribution in [0.1, 0.15) is 40.5 Å². The van der Waals surface area contributed by atoms with Crippen molar-refractivity contribution in [2.75, 3.05) is 24.2 Å². The molecule has 12 nitrogen and oxygen atoms in total. The average Bonchev–Trinajstić information content (AvgIpc) is 3.60. The number of carbonyl (C=O) groups excluding carboxylic acids is 2. The van der Waals surface area contributed by atoms with Crippen molar-refractivity contribution in [1.82, 2.24) is 34.6 Å². The van der Waals surface area contributed by atoms with Crippen LogP contribution in [-0.2, 0) is 21.4 Å². The van der Waals surface area contributed by atoms with Crippen LogP contribution in [0.2, 0.25) is 5.02 Å². The van der Waals surface area contributed by atoms with Gasteiger partial charge in [0.25, 0.3) is 5.91 Å². The summed E-state index contributed by atoms with van der Waals surface area (Å²) < 4.78 is 29.1. The topological polar surface area (TPSA) is 152 Å². The number of nitrogens with zero attached hydrogens (tertiary/aromatic N) is 6. The van der Waals surface area contributed by atoms with Crippen LogP contribution in [-0.4, -0.2) is 68.3 Å². The van der Waals surface area contributed by atoms with E-state index in [9.17, 15) is 18.0 Å². The zero-order valence-electron chi connectivity index (χ0n) is 22.5. The summed E-state index contributed by atoms with van der Waals surface area (Å²) in [6.07, 6.45) is 2.71. The molecule has 1 saturated heterocycles. The van der Waals surface area contributed by atoms with Gasteiger partial charge in [-0.2, -0.15) is 4.31 Å². The van der Waals surface area contributed by atoms with E-state index in [4.69, 9.17) is 11.6 Å². The number of hydrogen-bond acceptors (Lipinski definition) is 10. The normalized spacial score (nSPS) is 14.0. The number of thioether (sulfide) groups is 1. The van der Waals surface area contributed by atoms with E-state index in [1.54, 1.807) is 29.7 Å². The molecule has 5 rings (SSSR count). The van der Waals surface area contributed by atoms with E-state index in [0.717, 1.165) is 24.3 Å². The number of hydrogen-bond donors (Lipinski definition) is 2. The average molecular weight is 647 g/mol. The second-order valence-electron chi connectivity index (χ2n) is 9.35. The molecule has 0 atom stereocenters. The van der Waals surface area contributed by atoms with Gasteiger partial charge >= 0.3 is 0 Å². The van der Waals surface area contributed by atoms with Gasteiger partial charge in [-0.15, -0.1) is 20.4 Å². The van der Waals surface area contributed by atoms with Gasteiger partial charge in [0, 0.05) is 23.7 Å². The molecule has 220 valence electrons. The molecule has 2 aromatic carbocycles. The SMILES string of the molecule is Cc1nnc(NC(=O)CSc2nnc(CNC(=O)c3ccc(S(=O)(=O)N4CCCCC4)cc3)n2-c2cccc(Cl)c2)s1. The summed E-state index contributed by atoms with van der Waals surface area (Å²) in [4.78, 5) is 25.6. The van der Waals surface area contributed by atoms with Crippen LogP contribution >= 0.6 is 34.7 Å². The lowest BCUT2D eigenvalue weighted by atomic mass is 10.2. The van der Waals surface area contributed by atoms with E-state index < -0.39 is 15.9 Å². The van der Waals surface area contributed by atoms with Crippen LogP contribution in [0.25, 0.3) is 5.69 Å². The van der Waals surface area contributed by atoms with Gasteiger partial charge < -0.3 is 5.32 Å². The number of halogens is 1. The van der Waals surface area contributed by atoms with Crippen molar-refractivity contribution in [3.05, 3.63) is 69.9 Å². The number of piperidine rings is 1. The maximum atomic E-state index is 13.0. The van der Waals surface area contributed by atoms with Crippen molar-refractivity contribution < 1.29 is 18.0 Å². The van der Waals surface area contributed by atoms with Gasteiger partial charge in [0.05, 0.1) is 22.9 Å². The largest absolute Gasteiger partial charge is 0.345 e. The third-order valence-corrected chi connectivity index (χ3v) is 10.2. The molecule has 1 aliphatic rings. The molecule has 0 saturated carbocycles. The standard InChI is InChI=1S/C26H27ClN8O4S3/c1-17-30-32-25(41-17)29-23(36)16-40-26-33-31-22(35(26)20-7-5-6-19(27)14-20)15-28-24(37)18-8-10-21(11-9-18)42(38,39)34-12-3-2-4-13-34/h5-11,14H,2-4,12-13,15-16H2,1H3,(H,28,37)(H,29,32,36). The highest BCUT2D eigenvalue weighted by Gasteiger charge is 2.26. The van der Waals surface area contributed by atoms with Gasteiger partial charge in [-0.25, -0.2) is 8.42 Å². The minimum absolute atomic E-state index is 0.0169. The highest BCUT2D eigenvalue weighted by atomic mass is 35.5. The second kappa shape index (κ2) is 13.3. The Morgan fingerprint density at radius 2 is 1.79 bits per heavy atom. The Kier molecular flexibility index (Phi) is 9.53. The van der Waals surface area contributed by atoms with Crippen LogP contribution < -0.4 is 10.6 Å². The molecule has 16 heteroatoms. The molecule has 1 aliphatic heterocycles. The van der Waals surface area contributed by atoms with E-state index in [1.807, 2.05) is 6.07 Å². The predicted octanol–water partition coefficient (Wildman–Crippen LogP) is 3.92. The van der Waals surface area contributed by atoms with Crippen LogP contribution in [0.3, 0.4) is 0 Å². The number of rotatable bonds is 10. The summed E-state index contributed by atoms with van der Waals surface area (Å²) in [5, 5.41) is 23.9. The number of carbonyl (C=O) groups is 2. The number of amides is 2. The first kappa shape index (κ1) is 30.1. The van der Waals surface area contributed by atoms with Crippen molar-refractivity contribution in [2.45, 2.75) is 42.8 Å². The molecule has 2 N–H and O–H groups in total. The Labute approximate surface area is 255 Å². The summed E-state index contributed by atoms with van der Waals surface area (Å²) >= 11 is 8.68. The molecule has 0 radical (unpaired) electrons. The summed E-state index contributed by atoms with van der Waals surface area (Å²) in [6, 6.07) is 12.9. The van der Waals surface area contributed by atoms with Gasteiger partial charge in [0.1, 0.15) is 5.01 Å². The maximum Gasteiger partial charge on any atom is 0.251 e. The molecular weight excluding hydrogens is 620 g/mol. The molecule has 42 heavy (non-hydrogen) atoms. The first-order valence-corrected chi connectivity index (χ1v) is 16.6.